The number of ether oxygens (including phenoxy) is 2. The molecular weight excluding hydrogens is 303 g/mol. The van der Waals surface area contributed by atoms with Crippen LogP contribution in [0.2, 0.25) is 0 Å². The molecule has 0 aliphatic heterocycles. The molecule has 0 fully saturated rings. The molecule has 2 nitrogen and oxygen atoms in total. The Hall–Kier alpha value is -2.03. The third-order valence-corrected chi connectivity index (χ3v) is 3.84. The van der Waals surface area contributed by atoms with Crippen LogP contribution in [0.25, 0.3) is 0 Å². The fourth-order valence-electron chi connectivity index (χ4n) is 1.91. The Morgan fingerprint density at radius 3 is 2.00 bits per heavy atom. The second kappa shape index (κ2) is 10.7. The lowest BCUT2D eigenvalue weighted by atomic mass is 9.92. The zero-order valence-electron chi connectivity index (χ0n) is 15.7. The summed E-state index contributed by atoms with van der Waals surface area (Å²) in [4.78, 5) is 0. The molecule has 3 heteroatoms. The van der Waals surface area contributed by atoms with Gasteiger partial charge in [-0.1, -0.05) is 53.5 Å². The van der Waals surface area contributed by atoms with Crippen LogP contribution in [0.1, 0.15) is 33.6 Å². The second-order valence-corrected chi connectivity index (χ2v) is 6.28. The van der Waals surface area contributed by atoms with Crippen LogP contribution in [0.3, 0.4) is 0 Å². The zero-order valence-corrected chi connectivity index (χ0v) is 15.7. The molecule has 0 spiro atoms. The van der Waals surface area contributed by atoms with Gasteiger partial charge in [0.1, 0.15) is 5.83 Å². The van der Waals surface area contributed by atoms with Gasteiger partial charge in [-0.25, -0.2) is 4.39 Å². The molecule has 0 aliphatic rings. The third-order valence-electron chi connectivity index (χ3n) is 3.84. The molecule has 0 saturated carbocycles. The van der Waals surface area contributed by atoms with Gasteiger partial charge >= 0.3 is 0 Å². The van der Waals surface area contributed by atoms with Crippen molar-refractivity contribution < 1.29 is 13.9 Å². The number of rotatable bonds is 11. The summed E-state index contributed by atoms with van der Waals surface area (Å²) in [5, 5.41) is 0. The van der Waals surface area contributed by atoms with E-state index in [0.29, 0.717) is 23.0 Å². The first-order valence-electron chi connectivity index (χ1n) is 8.07. The standard InChI is InChI=1S/C21H31FO2/c1-14(2)10-11-15(3)16(4)12-20(22)18(6)17(5)13-21(24-9)19(7)23-8/h12-15H,4-7,10-11H2,1-3,8-9H3/b20-12+,21-13+. The molecule has 0 saturated heterocycles. The van der Waals surface area contributed by atoms with Crippen LogP contribution in [-0.2, 0) is 9.47 Å². The molecule has 0 bridgehead atoms. The van der Waals surface area contributed by atoms with E-state index in [9.17, 15) is 4.39 Å². The average Bonchev–Trinajstić information content (AvgIpc) is 2.55. The first kappa shape index (κ1) is 22.0. The van der Waals surface area contributed by atoms with Crippen molar-refractivity contribution in [3.05, 3.63) is 72.5 Å². The Labute approximate surface area is 146 Å². The van der Waals surface area contributed by atoms with Gasteiger partial charge in [-0.2, -0.15) is 0 Å². The maximum absolute atomic E-state index is 14.4. The monoisotopic (exact) mass is 334 g/mol. The quantitative estimate of drug-likeness (QED) is 0.327. The van der Waals surface area contributed by atoms with E-state index in [2.05, 4.69) is 47.1 Å². The first-order valence-corrected chi connectivity index (χ1v) is 8.07. The van der Waals surface area contributed by atoms with Gasteiger partial charge in [-0.05, 0) is 41.6 Å². The number of hydrogen-bond donors (Lipinski definition) is 0. The molecule has 0 rings (SSSR count). The highest BCUT2D eigenvalue weighted by molar-refractivity contribution is 5.49. The van der Waals surface area contributed by atoms with Crippen LogP contribution in [0.5, 0.6) is 0 Å². The smallest absolute Gasteiger partial charge is 0.160 e. The van der Waals surface area contributed by atoms with Crippen molar-refractivity contribution in [2.45, 2.75) is 33.6 Å². The number of methoxy groups -OCH3 is 2. The van der Waals surface area contributed by atoms with Gasteiger partial charge in [0.25, 0.3) is 0 Å². The molecule has 0 heterocycles. The van der Waals surface area contributed by atoms with Crippen LogP contribution in [0.4, 0.5) is 4.39 Å². The fraction of sp³-hybridized carbons (Fsp3) is 0.429. The van der Waals surface area contributed by atoms with Gasteiger partial charge in [0, 0.05) is 5.57 Å². The predicted molar refractivity (Wildman–Crippen MR) is 101 cm³/mol. The van der Waals surface area contributed by atoms with Gasteiger partial charge in [0.15, 0.2) is 11.5 Å². The minimum Gasteiger partial charge on any atom is -0.493 e. The van der Waals surface area contributed by atoms with Gasteiger partial charge in [0.2, 0.25) is 0 Å². The molecular formula is C21H31FO2. The second-order valence-electron chi connectivity index (χ2n) is 6.28. The van der Waals surface area contributed by atoms with Crippen molar-refractivity contribution in [3.63, 3.8) is 0 Å². The van der Waals surface area contributed by atoms with Crippen molar-refractivity contribution in [2.75, 3.05) is 14.2 Å². The Morgan fingerprint density at radius 2 is 1.54 bits per heavy atom. The van der Waals surface area contributed by atoms with E-state index >= 15 is 0 Å². The van der Waals surface area contributed by atoms with E-state index in [1.165, 1.54) is 20.3 Å². The summed E-state index contributed by atoms with van der Waals surface area (Å²) < 4.78 is 24.6. The van der Waals surface area contributed by atoms with Crippen molar-refractivity contribution in [3.8, 4) is 0 Å². The van der Waals surface area contributed by atoms with Crippen molar-refractivity contribution in [1.29, 1.82) is 0 Å². The fourth-order valence-corrected chi connectivity index (χ4v) is 1.91. The van der Waals surface area contributed by atoms with Crippen LogP contribution in [0, 0.1) is 11.8 Å². The minimum atomic E-state index is -0.448. The highest BCUT2D eigenvalue weighted by Gasteiger charge is 2.11. The molecule has 134 valence electrons. The summed E-state index contributed by atoms with van der Waals surface area (Å²) in [5.41, 5.74) is 1.33. The summed E-state index contributed by atoms with van der Waals surface area (Å²) in [6.45, 7) is 21.7. The largest absolute Gasteiger partial charge is 0.493 e. The highest BCUT2D eigenvalue weighted by atomic mass is 19.1. The molecule has 24 heavy (non-hydrogen) atoms. The zero-order chi connectivity index (χ0) is 18.9. The van der Waals surface area contributed by atoms with E-state index in [1.54, 1.807) is 6.08 Å². The predicted octanol–water partition coefficient (Wildman–Crippen LogP) is 6.27. The highest BCUT2D eigenvalue weighted by Crippen LogP contribution is 2.26. The Kier molecular flexibility index (Phi) is 9.79. The average molecular weight is 334 g/mol. The van der Waals surface area contributed by atoms with Crippen LogP contribution in [0.15, 0.2) is 72.5 Å². The van der Waals surface area contributed by atoms with E-state index < -0.39 is 5.83 Å². The van der Waals surface area contributed by atoms with Crippen molar-refractivity contribution in [2.24, 2.45) is 11.8 Å². The topological polar surface area (TPSA) is 18.5 Å². The number of allylic oxidation sites excluding steroid dienone is 6. The summed E-state index contributed by atoms with van der Waals surface area (Å²) in [7, 11) is 2.96. The number of halogens is 1. The lowest BCUT2D eigenvalue weighted by Gasteiger charge is -2.14. The molecule has 0 aliphatic carbocycles. The van der Waals surface area contributed by atoms with Crippen LogP contribution < -0.4 is 0 Å². The first-order chi connectivity index (χ1) is 11.1. The summed E-state index contributed by atoms with van der Waals surface area (Å²) in [6.07, 6.45) is 5.05. The van der Waals surface area contributed by atoms with Crippen LogP contribution >= 0.6 is 0 Å². The third kappa shape index (κ3) is 7.49. The maximum atomic E-state index is 14.4. The Morgan fingerprint density at radius 1 is 0.958 bits per heavy atom. The molecule has 0 aromatic heterocycles. The Balaban J connectivity index is 5.02. The van der Waals surface area contributed by atoms with Crippen molar-refractivity contribution in [1.82, 2.24) is 0 Å². The van der Waals surface area contributed by atoms with E-state index in [0.717, 1.165) is 18.4 Å². The van der Waals surface area contributed by atoms with Crippen molar-refractivity contribution >= 4 is 0 Å². The number of hydrogen-bond acceptors (Lipinski definition) is 2. The van der Waals surface area contributed by atoms with E-state index in [4.69, 9.17) is 9.47 Å². The summed E-state index contributed by atoms with van der Waals surface area (Å²) >= 11 is 0. The SMILES string of the molecule is C=C(/C=C(/OC)C(=C)OC)C(=C)/C(F)=C\C(=C)C(C)CCC(C)C. The molecule has 0 radical (unpaired) electrons. The lowest BCUT2D eigenvalue weighted by Crippen LogP contribution is -2.00. The van der Waals surface area contributed by atoms with Crippen LogP contribution in [-0.4, -0.2) is 14.2 Å². The Bertz CT molecular complexity index is 550. The minimum absolute atomic E-state index is 0.186. The van der Waals surface area contributed by atoms with Gasteiger partial charge in [0.05, 0.1) is 14.2 Å². The normalized spacial score (nSPS) is 13.5. The van der Waals surface area contributed by atoms with E-state index in [1.807, 2.05) is 0 Å². The molecule has 0 amide bonds. The van der Waals surface area contributed by atoms with E-state index in [-0.39, 0.29) is 11.5 Å². The summed E-state index contributed by atoms with van der Waals surface area (Å²) in [6, 6.07) is 0. The molecule has 1 atom stereocenters. The van der Waals surface area contributed by atoms with Gasteiger partial charge < -0.3 is 9.47 Å². The van der Waals surface area contributed by atoms with Gasteiger partial charge in [-0.15, -0.1) is 0 Å². The molecule has 0 aromatic carbocycles. The molecule has 1 unspecified atom stereocenters. The molecule has 0 N–H and O–H groups in total. The lowest BCUT2D eigenvalue weighted by molar-refractivity contribution is 0.221. The maximum Gasteiger partial charge on any atom is 0.160 e. The summed E-state index contributed by atoms with van der Waals surface area (Å²) in [5.74, 6) is 1.10. The molecule has 0 aromatic rings. The van der Waals surface area contributed by atoms with Gasteiger partial charge in [-0.3, -0.25) is 0 Å².